The van der Waals surface area contributed by atoms with Crippen molar-refractivity contribution in [2.75, 3.05) is 20.2 Å². The second-order valence-corrected chi connectivity index (χ2v) is 12.5. The third kappa shape index (κ3) is 4.97. The lowest BCUT2D eigenvalue weighted by Gasteiger charge is -2.37. The molecule has 1 aromatic rings. The standard InChI is InChI=1S/C27H42BNO5/c1-24(2,3)32-23(30)29-16-15-27(18-29)13-11-19(12-14-27)21-10-9-20(17-22(21)31-8)28-33-25(4,5)26(6,7)34-28/h9-10,17,19H,11-16,18H2,1-8H3. The van der Waals surface area contributed by atoms with Gasteiger partial charge in [0.15, 0.2) is 0 Å². The van der Waals surface area contributed by atoms with Gasteiger partial charge in [-0.15, -0.1) is 0 Å². The Morgan fingerprint density at radius 1 is 1.06 bits per heavy atom. The van der Waals surface area contributed by atoms with Crippen LogP contribution in [0.15, 0.2) is 18.2 Å². The third-order valence-electron chi connectivity index (χ3n) is 8.36. The van der Waals surface area contributed by atoms with Crippen molar-refractivity contribution in [3.05, 3.63) is 23.8 Å². The Kier molecular flexibility index (Phi) is 6.52. The summed E-state index contributed by atoms with van der Waals surface area (Å²) >= 11 is 0. The summed E-state index contributed by atoms with van der Waals surface area (Å²) in [6, 6.07) is 6.41. The van der Waals surface area contributed by atoms with Crippen molar-refractivity contribution in [3.63, 3.8) is 0 Å². The van der Waals surface area contributed by atoms with Gasteiger partial charge in [-0.25, -0.2) is 4.79 Å². The Labute approximate surface area is 205 Å². The molecule has 188 valence electrons. The van der Waals surface area contributed by atoms with Crippen LogP contribution in [-0.4, -0.2) is 55.1 Å². The molecule has 6 nitrogen and oxygen atoms in total. The van der Waals surface area contributed by atoms with Crippen molar-refractivity contribution < 1.29 is 23.6 Å². The molecule has 2 saturated heterocycles. The molecule has 2 aliphatic heterocycles. The van der Waals surface area contributed by atoms with Crippen LogP contribution in [0.3, 0.4) is 0 Å². The highest BCUT2D eigenvalue weighted by Gasteiger charge is 2.52. The summed E-state index contributed by atoms with van der Waals surface area (Å²) in [6.07, 6.45) is 5.35. The smallest absolute Gasteiger partial charge is 0.494 e. The molecule has 34 heavy (non-hydrogen) atoms. The number of ether oxygens (including phenoxy) is 2. The highest BCUT2D eigenvalue weighted by molar-refractivity contribution is 6.62. The van der Waals surface area contributed by atoms with Gasteiger partial charge in [-0.2, -0.15) is 0 Å². The summed E-state index contributed by atoms with van der Waals surface area (Å²) in [6.45, 7) is 15.7. The molecule has 0 bridgehead atoms. The van der Waals surface area contributed by atoms with Crippen LogP contribution in [-0.2, 0) is 14.0 Å². The van der Waals surface area contributed by atoms with Gasteiger partial charge in [0, 0.05) is 13.1 Å². The maximum absolute atomic E-state index is 12.5. The molecular weight excluding hydrogens is 429 g/mol. The van der Waals surface area contributed by atoms with Crippen molar-refractivity contribution in [3.8, 4) is 5.75 Å². The van der Waals surface area contributed by atoms with Crippen LogP contribution in [0.2, 0.25) is 0 Å². The topological polar surface area (TPSA) is 57.2 Å². The average Bonchev–Trinajstić information content (AvgIpc) is 3.25. The molecule has 0 atom stereocenters. The van der Waals surface area contributed by atoms with Gasteiger partial charge < -0.3 is 23.7 Å². The first-order chi connectivity index (χ1) is 15.7. The molecule has 0 radical (unpaired) electrons. The summed E-state index contributed by atoms with van der Waals surface area (Å²) < 4.78 is 23.9. The van der Waals surface area contributed by atoms with Gasteiger partial charge in [-0.05, 0) is 109 Å². The Bertz CT molecular complexity index is 898. The average molecular weight is 471 g/mol. The predicted octanol–water partition coefficient (Wildman–Crippen LogP) is 5.28. The van der Waals surface area contributed by atoms with Gasteiger partial charge in [0.05, 0.1) is 18.3 Å². The van der Waals surface area contributed by atoms with Gasteiger partial charge in [-0.1, -0.05) is 12.1 Å². The van der Waals surface area contributed by atoms with E-state index in [-0.39, 0.29) is 29.8 Å². The van der Waals surface area contributed by atoms with E-state index in [1.54, 1.807) is 7.11 Å². The van der Waals surface area contributed by atoms with Crippen molar-refractivity contribution in [2.45, 2.75) is 103 Å². The van der Waals surface area contributed by atoms with E-state index < -0.39 is 5.60 Å². The van der Waals surface area contributed by atoms with E-state index in [0.29, 0.717) is 5.92 Å². The van der Waals surface area contributed by atoms with E-state index in [4.69, 9.17) is 18.8 Å². The van der Waals surface area contributed by atoms with Crippen LogP contribution in [0.1, 0.15) is 92.1 Å². The zero-order valence-electron chi connectivity index (χ0n) is 22.3. The fourth-order valence-corrected chi connectivity index (χ4v) is 5.56. The maximum Gasteiger partial charge on any atom is 0.494 e. The first-order valence-corrected chi connectivity index (χ1v) is 12.8. The number of hydrogen-bond donors (Lipinski definition) is 0. The maximum atomic E-state index is 12.5. The monoisotopic (exact) mass is 471 g/mol. The second kappa shape index (κ2) is 8.74. The van der Waals surface area contributed by atoms with Crippen molar-refractivity contribution in [2.24, 2.45) is 5.41 Å². The first kappa shape index (κ1) is 25.4. The van der Waals surface area contributed by atoms with Gasteiger partial charge >= 0.3 is 13.2 Å². The summed E-state index contributed by atoms with van der Waals surface area (Å²) in [5.41, 5.74) is 1.30. The fraction of sp³-hybridized carbons (Fsp3) is 0.741. The highest BCUT2D eigenvalue weighted by Crippen LogP contribution is 2.49. The minimum absolute atomic E-state index is 0.175. The summed E-state index contributed by atoms with van der Waals surface area (Å²) in [7, 11) is 1.35. The number of rotatable bonds is 3. The number of likely N-dealkylation sites (tertiary alicyclic amines) is 1. The zero-order chi connectivity index (χ0) is 24.9. The van der Waals surface area contributed by atoms with E-state index in [1.165, 1.54) is 5.56 Å². The molecule has 1 saturated carbocycles. The summed E-state index contributed by atoms with van der Waals surface area (Å²) in [5, 5.41) is 0. The molecule has 1 spiro atoms. The van der Waals surface area contributed by atoms with Gasteiger partial charge in [0.2, 0.25) is 0 Å². The molecule has 1 amide bonds. The largest absolute Gasteiger partial charge is 0.496 e. The molecule has 1 aliphatic carbocycles. The normalized spacial score (nSPS) is 28.4. The molecule has 1 aromatic carbocycles. The Morgan fingerprint density at radius 3 is 2.24 bits per heavy atom. The molecule has 4 rings (SSSR count). The molecule has 3 aliphatic rings. The molecule has 3 fully saturated rings. The van der Waals surface area contributed by atoms with Crippen LogP contribution >= 0.6 is 0 Å². The van der Waals surface area contributed by atoms with Crippen molar-refractivity contribution >= 4 is 18.7 Å². The molecular formula is C27H42BNO5. The van der Waals surface area contributed by atoms with E-state index in [0.717, 1.165) is 56.4 Å². The number of amides is 1. The lowest BCUT2D eigenvalue weighted by molar-refractivity contribution is 0.00578. The van der Waals surface area contributed by atoms with Crippen LogP contribution in [0.4, 0.5) is 4.79 Å². The van der Waals surface area contributed by atoms with E-state index >= 15 is 0 Å². The van der Waals surface area contributed by atoms with Gasteiger partial charge in [-0.3, -0.25) is 0 Å². The molecule has 2 heterocycles. The molecule has 0 N–H and O–H groups in total. The summed E-state index contributed by atoms with van der Waals surface area (Å²) in [4.78, 5) is 14.5. The van der Waals surface area contributed by atoms with E-state index in [1.807, 2.05) is 25.7 Å². The van der Waals surface area contributed by atoms with Crippen molar-refractivity contribution in [1.29, 1.82) is 0 Å². The number of carbonyl (C=O) groups excluding carboxylic acids is 1. The van der Waals surface area contributed by atoms with Gasteiger partial charge in [0.1, 0.15) is 11.4 Å². The number of hydrogen-bond acceptors (Lipinski definition) is 5. The lowest BCUT2D eigenvalue weighted by atomic mass is 9.68. The number of benzene rings is 1. The fourth-order valence-electron chi connectivity index (χ4n) is 5.56. The Balaban J connectivity index is 1.41. The number of carbonyl (C=O) groups is 1. The first-order valence-electron chi connectivity index (χ1n) is 12.8. The van der Waals surface area contributed by atoms with Gasteiger partial charge in [0.25, 0.3) is 0 Å². The van der Waals surface area contributed by atoms with Crippen LogP contribution in [0.5, 0.6) is 5.75 Å². The van der Waals surface area contributed by atoms with E-state index in [9.17, 15) is 4.79 Å². The van der Waals surface area contributed by atoms with Crippen LogP contribution in [0.25, 0.3) is 0 Å². The number of methoxy groups -OCH3 is 1. The second-order valence-electron chi connectivity index (χ2n) is 12.5. The SMILES string of the molecule is COc1cc(B2OC(C)(C)C(C)(C)O2)ccc1C1CCC2(CC1)CCN(C(=O)OC(C)(C)C)C2. The Hall–Kier alpha value is -1.73. The molecule has 7 heteroatoms. The summed E-state index contributed by atoms with van der Waals surface area (Å²) in [5.74, 6) is 1.37. The predicted molar refractivity (Wildman–Crippen MR) is 135 cm³/mol. The molecule has 0 unspecified atom stereocenters. The highest BCUT2D eigenvalue weighted by atomic mass is 16.7. The van der Waals surface area contributed by atoms with Crippen LogP contribution in [0, 0.1) is 5.41 Å². The quantitative estimate of drug-likeness (QED) is 0.562. The van der Waals surface area contributed by atoms with Crippen LogP contribution < -0.4 is 10.2 Å². The number of nitrogens with zero attached hydrogens (tertiary/aromatic N) is 1. The molecule has 0 aromatic heterocycles. The minimum Gasteiger partial charge on any atom is -0.496 e. The minimum atomic E-state index is -0.451. The third-order valence-corrected chi connectivity index (χ3v) is 8.36. The lowest BCUT2D eigenvalue weighted by Crippen LogP contribution is -2.41. The van der Waals surface area contributed by atoms with E-state index in [2.05, 4.69) is 45.9 Å². The zero-order valence-corrected chi connectivity index (χ0v) is 22.3. The van der Waals surface area contributed by atoms with Crippen molar-refractivity contribution in [1.82, 2.24) is 4.90 Å². The Morgan fingerprint density at radius 2 is 1.68 bits per heavy atom.